The van der Waals surface area contributed by atoms with Crippen LogP contribution in [-0.4, -0.2) is 102 Å². The molecule has 0 unspecified atom stereocenters. The fraction of sp³-hybridized carbons (Fsp3) is 0.362. The van der Waals surface area contributed by atoms with Crippen molar-refractivity contribution >= 4 is 39.1 Å². The van der Waals surface area contributed by atoms with Gasteiger partial charge in [0.1, 0.15) is 46.9 Å². The number of para-hydroxylation sites is 1. The zero-order chi connectivity index (χ0) is 42.3. The number of nitrogens with zero attached hydrogens (tertiary/aromatic N) is 5. The number of aromatic nitrogens is 3. The van der Waals surface area contributed by atoms with Crippen LogP contribution in [0.15, 0.2) is 85.2 Å². The average molecular weight is 866 g/mol. The SMILES string of the molecule is Cc1c(-c2c(Cc3ccc(F)cc3)sc3nccc(O[C@H](Cc4ccccc4OCc4ccnc(C5CCOCC5)n4)C(=O)O)c23)ccc(OCCN2CCN(C)CC2)c1Cl. The minimum absolute atomic E-state index is 0.0271. The highest BCUT2D eigenvalue weighted by molar-refractivity contribution is 7.19. The minimum Gasteiger partial charge on any atom is -0.491 e. The van der Waals surface area contributed by atoms with Crippen LogP contribution in [0.4, 0.5) is 4.39 Å². The summed E-state index contributed by atoms with van der Waals surface area (Å²) < 4.78 is 38.5. The summed E-state index contributed by atoms with van der Waals surface area (Å²) in [4.78, 5) is 33.4. The fourth-order valence-corrected chi connectivity index (χ4v) is 9.30. The molecule has 0 saturated carbocycles. The van der Waals surface area contributed by atoms with Crippen LogP contribution in [0.5, 0.6) is 17.2 Å². The Morgan fingerprint density at radius 2 is 1.72 bits per heavy atom. The minimum atomic E-state index is -1.27. The van der Waals surface area contributed by atoms with E-state index in [0.29, 0.717) is 64.3 Å². The molecule has 3 aromatic carbocycles. The standard InChI is InChI=1S/C47H49ClFN5O6S/c1-30-36(11-12-39(44(30)48)58-26-23-54-21-19-53(2)20-22-54)42-41(27-31-7-9-34(49)10-8-31)61-46-43(42)38(14-18-51-46)60-40(47(55)56)28-33-5-3-4-6-37(33)59-29-35-13-17-50-45(52-35)32-15-24-57-25-16-32/h3-14,17-18,32,40H,15-16,19-29H2,1-2H3,(H,55,56)/t40-/m1/s1. The molecule has 14 heteroatoms. The third-order valence-electron chi connectivity index (χ3n) is 11.4. The Morgan fingerprint density at radius 3 is 2.51 bits per heavy atom. The number of hydrogen-bond donors (Lipinski definition) is 1. The molecular weight excluding hydrogens is 817 g/mol. The van der Waals surface area contributed by atoms with Crippen LogP contribution in [0.2, 0.25) is 5.02 Å². The van der Waals surface area contributed by atoms with E-state index in [1.165, 1.54) is 23.5 Å². The number of aliphatic carboxylic acids is 1. The maximum atomic E-state index is 14.0. The highest BCUT2D eigenvalue weighted by Crippen LogP contribution is 2.47. The van der Waals surface area contributed by atoms with Gasteiger partial charge in [-0.3, -0.25) is 4.90 Å². The number of benzene rings is 3. The van der Waals surface area contributed by atoms with Gasteiger partial charge in [-0.1, -0.05) is 48.0 Å². The monoisotopic (exact) mass is 865 g/mol. The molecule has 318 valence electrons. The number of carboxylic acids is 1. The quantitative estimate of drug-likeness (QED) is 0.101. The lowest BCUT2D eigenvalue weighted by molar-refractivity contribution is -0.145. The van der Waals surface area contributed by atoms with Crippen LogP contribution < -0.4 is 14.2 Å². The van der Waals surface area contributed by atoms with Gasteiger partial charge in [-0.2, -0.15) is 0 Å². The molecular formula is C47H49ClFN5O6S. The second kappa shape index (κ2) is 19.7. The van der Waals surface area contributed by atoms with Gasteiger partial charge in [-0.25, -0.2) is 24.1 Å². The van der Waals surface area contributed by atoms with Crippen molar-refractivity contribution in [1.82, 2.24) is 24.8 Å². The molecule has 0 radical (unpaired) electrons. The van der Waals surface area contributed by atoms with Crippen molar-refractivity contribution in [1.29, 1.82) is 0 Å². The second-order valence-corrected chi connectivity index (χ2v) is 17.0. The Bertz CT molecular complexity index is 2460. The zero-order valence-electron chi connectivity index (χ0n) is 34.3. The van der Waals surface area contributed by atoms with Crippen LogP contribution in [-0.2, 0) is 29.0 Å². The largest absolute Gasteiger partial charge is 0.491 e. The first-order valence-corrected chi connectivity index (χ1v) is 21.9. The number of ether oxygens (including phenoxy) is 4. The third kappa shape index (κ3) is 10.3. The Kier molecular flexibility index (Phi) is 13.7. The van der Waals surface area contributed by atoms with Crippen molar-refractivity contribution < 1.29 is 33.2 Å². The van der Waals surface area contributed by atoms with Gasteiger partial charge in [-0.15, -0.1) is 11.3 Å². The van der Waals surface area contributed by atoms with Gasteiger partial charge in [0.15, 0.2) is 6.10 Å². The molecule has 3 aromatic heterocycles. The molecule has 61 heavy (non-hydrogen) atoms. The van der Waals surface area contributed by atoms with Gasteiger partial charge in [0.2, 0.25) is 0 Å². The first-order valence-electron chi connectivity index (χ1n) is 20.7. The van der Waals surface area contributed by atoms with Crippen molar-refractivity contribution in [3.8, 4) is 28.4 Å². The first-order chi connectivity index (χ1) is 29.7. The van der Waals surface area contributed by atoms with Gasteiger partial charge in [0, 0.05) is 87.5 Å². The lowest BCUT2D eigenvalue weighted by Crippen LogP contribution is -2.45. The molecule has 0 aliphatic carbocycles. The van der Waals surface area contributed by atoms with Crippen molar-refractivity contribution in [3.63, 3.8) is 0 Å². The van der Waals surface area contributed by atoms with Gasteiger partial charge >= 0.3 is 5.97 Å². The lowest BCUT2D eigenvalue weighted by atomic mass is 9.95. The third-order valence-corrected chi connectivity index (χ3v) is 13.0. The number of halogens is 2. The first kappa shape index (κ1) is 42.5. The summed E-state index contributed by atoms with van der Waals surface area (Å²) in [6, 6.07) is 21.2. The average Bonchev–Trinajstić information content (AvgIpc) is 3.64. The van der Waals surface area contributed by atoms with E-state index in [2.05, 4.69) is 21.8 Å². The number of piperazine rings is 1. The summed E-state index contributed by atoms with van der Waals surface area (Å²) in [6.07, 6.45) is 4.37. The molecule has 11 nitrogen and oxygen atoms in total. The number of rotatable bonds is 16. The van der Waals surface area contributed by atoms with Crippen molar-refractivity contribution in [2.75, 3.05) is 59.6 Å². The maximum Gasteiger partial charge on any atom is 0.345 e. The molecule has 0 spiro atoms. The summed E-state index contributed by atoms with van der Waals surface area (Å²) in [5, 5.41) is 11.8. The number of fused-ring (bicyclic) bond motifs is 1. The smallest absolute Gasteiger partial charge is 0.345 e. The summed E-state index contributed by atoms with van der Waals surface area (Å²) in [5.41, 5.74) is 4.79. The molecule has 8 rings (SSSR count). The van der Waals surface area contributed by atoms with Crippen LogP contribution >= 0.6 is 22.9 Å². The molecule has 0 amide bonds. The van der Waals surface area contributed by atoms with Crippen molar-refractivity contribution in [3.05, 3.63) is 129 Å². The number of pyridine rings is 1. The molecule has 5 heterocycles. The molecule has 1 N–H and O–H groups in total. The number of likely N-dealkylation sites (N-methyl/N-ethyl adjacent to an activating group) is 1. The molecule has 1 atom stereocenters. The highest BCUT2D eigenvalue weighted by Gasteiger charge is 2.28. The Labute approximate surface area is 364 Å². The normalized spacial score (nSPS) is 15.8. The van der Waals surface area contributed by atoms with Gasteiger partial charge in [0.25, 0.3) is 0 Å². The molecule has 2 fully saturated rings. The van der Waals surface area contributed by atoms with E-state index < -0.39 is 12.1 Å². The van der Waals surface area contributed by atoms with Crippen LogP contribution in [0.25, 0.3) is 21.3 Å². The Hall–Kier alpha value is -5.18. The van der Waals surface area contributed by atoms with Crippen LogP contribution in [0.1, 0.15) is 51.8 Å². The second-order valence-electron chi connectivity index (χ2n) is 15.6. The van der Waals surface area contributed by atoms with E-state index in [4.69, 9.17) is 40.5 Å². The van der Waals surface area contributed by atoms with Crippen LogP contribution in [0, 0.1) is 12.7 Å². The number of hydrogen-bond acceptors (Lipinski definition) is 11. The molecule has 6 aromatic rings. The summed E-state index contributed by atoms with van der Waals surface area (Å²) >= 11 is 8.57. The summed E-state index contributed by atoms with van der Waals surface area (Å²) in [5.74, 6) is 1.09. The van der Waals surface area contributed by atoms with Gasteiger partial charge in [-0.05, 0) is 85.5 Å². The molecule has 2 saturated heterocycles. The molecule has 2 aliphatic rings. The van der Waals surface area contributed by atoms with E-state index >= 15 is 0 Å². The topological polar surface area (TPSA) is 119 Å². The fourth-order valence-electron chi connectivity index (χ4n) is 7.88. The van der Waals surface area contributed by atoms with Gasteiger partial charge in [0.05, 0.1) is 16.1 Å². The predicted molar refractivity (Wildman–Crippen MR) is 235 cm³/mol. The number of thiophene rings is 1. The van der Waals surface area contributed by atoms with Gasteiger partial charge < -0.3 is 29.0 Å². The maximum absolute atomic E-state index is 14.0. The van der Waals surface area contributed by atoms with E-state index in [9.17, 15) is 14.3 Å². The number of carbonyl (C=O) groups is 1. The van der Waals surface area contributed by atoms with Crippen molar-refractivity contribution in [2.45, 2.75) is 51.2 Å². The molecule has 0 bridgehead atoms. The molecule has 2 aliphatic heterocycles. The van der Waals surface area contributed by atoms with Crippen LogP contribution in [0.3, 0.4) is 0 Å². The Balaban J connectivity index is 1.07. The highest BCUT2D eigenvalue weighted by atomic mass is 35.5. The lowest BCUT2D eigenvalue weighted by Gasteiger charge is -2.32. The van der Waals surface area contributed by atoms with E-state index in [0.717, 1.165) is 84.2 Å². The van der Waals surface area contributed by atoms with Crippen molar-refractivity contribution in [2.24, 2.45) is 0 Å². The van der Waals surface area contributed by atoms with E-state index in [1.807, 2.05) is 49.4 Å². The summed E-state index contributed by atoms with van der Waals surface area (Å²) in [7, 11) is 2.14. The zero-order valence-corrected chi connectivity index (χ0v) is 35.9. The number of carboxylic acid groups (broad SMARTS) is 1. The predicted octanol–water partition coefficient (Wildman–Crippen LogP) is 8.62. The Morgan fingerprint density at radius 1 is 0.951 bits per heavy atom. The summed E-state index contributed by atoms with van der Waals surface area (Å²) in [6.45, 7) is 8.89. The van der Waals surface area contributed by atoms with E-state index in [1.54, 1.807) is 30.6 Å². The van der Waals surface area contributed by atoms with E-state index in [-0.39, 0.29) is 24.8 Å².